The van der Waals surface area contributed by atoms with E-state index in [2.05, 4.69) is 37.3 Å². The molecule has 152 valence electrons. The Bertz CT molecular complexity index is 1160. The maximum atomic E-state index is 13.0. The number of aryl methyl sites for hydroxylation is 1. The van der Waals surface area contributed by atoms with E-state index in [-0.39, 0.29) is 0 Å². The van der Waals surface area contributed by atoms with E-state index < -0.39 is 11.7 Å². The number of hydrogen-bond acceptors (Lipinski definition) is 0. The first kappa shape index (κ1) is 20.2. The number of hydrogen-bond donors (Lipinski definition) is 0. The molecular formula is C27H23F3. The molecule has 4 aromatic carbocycles. The second-order valence-electron chi connectivity index (χ2n) is 7.62. The van der Waals surface area contributed by atoms with Crippen molar-refractivity contribution in [1.29, 1.82) is 0 Å². The number of unbranched alkanes of at least 4 members (excludes halogenated alkanes) is 1. The van der Waals surface area contributed by atoms with Crippen LogP contribution in [-0.4, -0.2) is 0 Å². The molecule has 0 nitrogen and oxygen atoms in total. The van der Waals surface area contributed by atoms with Gasteiger partial charge in [0.25, 0.3) is 0 Å². The number of halogens is 3. The summed E-state index contributed by atoms with van der Waals surface area (Å²) >= 11 is 0. The quantitative estimate of drug-likeness (QED) is 0.313. The van der Waals surface area contributed by atoms with Crippen LogP contribution in [0.25, 0.3) is 33.0 Å². The standard InChI is InChI=1S/C27H23F3/c1-2-3-7-24-17-22(13-15-26(24)19-8-5-4-6-9-19)20-10-11-23-18-25(27(28,29)30)14-12-21(23)16-20/h4-6,8-18H,2-3,7H2,1H3. The van der Waals surface area contributed by atoms with Crippen molar-refractivity contribution in [2.75, 3.05) is 0 Å². The summed E-state index contributed by atoms with van der Waals surface area (Å²) in [5.74, 6) is 0. The summed E-state index contributed by atoms with van der Waals surface area (Å²) in [6, 6.07) is 26.4. The van der Waals surface area contributed by atoms with Crippen LogP contribution in [0.15, 0.2) is 84.9 Å². The van der Waals surface area contributed by atoms with Gasteiger partial charge in [-0.1, -0.05) is 80.1 Å². The highest BCUT2D eigenvalue weighted by molar-refractivity contribution is 5.88. The maximum Gasteiger partial charge on any atom is 0.416 e. The summed E-state index contributed by atoms with van der Waals surface area (Å²) in [5, 5.41) is 1.41. The molecule has 0 N–H and O–H groups in total. The molecule has 0 fully saturated rings. The molecule has 3 heteroatoms. The third kappa shape index (κ3) is 4.25. The van der Waals surface area contributed by atoms with Gasteiger partial charge < -0.3 is 0 Å². The smallest absolute Gasteiger partial charge is 0.166 e. The van der Waals surface area contributed by atoms with Gasteiger partial charge in [-0.2, -0.15) is 13.2 Å². The van der Waals surface area contributed by atoms with E-state index in [1.54, 1.807) is 12.1 Å². The normalized spacial score (nSPS) is 11.7. The Kier molecular flexibility index (Phi) is 5.63. The first-order valence-electron chi connectivity index (χ1n) is 10.3. The Morgan fingerprint density at radius 1 is 0.667 bits per heavy atom. The fraction of sp³-hybridized carbons (Fsp3) is 0.185. The van der Waals surface area contributed by atoms with Crippen molar-refractivity contribution in [2.45, 2.75) is 32.4 Å². The van der Waals surface area contributed by atoms with E-state index in [0.29, 0.717) is 5.39 Å². The van der Waals surface area contributed by atoms with Crippen molar-refractivity contribution in [2.24, 2.45) is 0 Å². The summed E-state index contributed by atoms with van der Waals surface area (Å²) in [7, 11) is 0. The third-order valence-electron chi connectivity index (χ3n) is 5.49. The Morgan fingerprint density at radius 3 is 2.07 bits per heavy atom. The predicted octanol–water partition coefficient (Wildman–Crippen LogP) is 8.54. The average Bonchev–Trinajstić information content (AvgIpc) is 2.76. The largest absolute Gasteiger partial charge is 0.416 e. The Hall–Kier alpha value is -3.07. The summed E-state index contributed by atoms with van der Waals surface area (Å²) in [6.07, 6.45) is -1.09. The Morgan fingerprint density at radius 2 is 1.33 bits per heavy atom. The highest BCUT2D eigenvalue weighted by Crippen LogP contribution is 2.34. The molecule has 0 aromatic heterocycles. The molecule has 30 heavy (non-hydrogen) atoms. The Balaban J connectivity index is 1.75. The molecule has 4 aromatic rings. The zero-order valence-electron chi connectivity index (χ0n) is 16.8. The van der Waals surface area contributed by atoms with E-state index in [9.17, 15) is 13.2 Å². The molecule has 0 spiro atoms. The highest BCUT2D eigenvalue weighted by atomic mass is 19.4. The molecule has 0 aliphatic carbocycles. The van der Waals surface area contributed by atoms with Gasteiger partial charge >= 0.3 is 6.18 Å². The van der Waals surface area contributed by atoms with Crippen molar-refractivity contribution in [3.05, 3.63) is 96.1 Å². The molecule has 0 aliphatic rings. The second kappa shape index (κ2) is 8.35. The van der Waals surface area contributed by atoms with Crippen LogP contribution in [0.2, 0.25) is 0 Å². The zero-order valence-corrected chi connectivity index (χ0v) is 16.8. The summed E-state index contributed by atoms with van der Waals surface area (Å²) in [5.41, 5.74) is 5.23. The van der Waals surface area contributed by atoms with Gasteiger partial charge in [-0.25, -0.2) is 0 Å². The lowest BCUT2D eigenvalue weighted by Gasteiger charge is -2.13. The lowest BCUT2D eigenvalue weighted by Crippen LogP contribution is -2.04. The van der Waals surface area contributed by atoms with Crippen molar-refractivity contribution >= 4 is 10.8 Å². The molecule has 0 saturated carbocycles. The monoisotopic (exact) mass is 404 g/mol. The predicted molar refractivity (Wildman–Crippen MR) is 118 cm³/mol. The zero-order chi connectivity index (χ0) is 21.1. The molecule has 4 rings (SSSR count). The van der Waals surface area contributed by atoms with Crippen molar-refractivity contribution in [3.8, 4) is 22.3 Å². The second-order valence-corrected chi connectivity index (χ2v) is 7.62. The van der Waals surface area contributed by atoms with Crippen LogP contribution >= 0.6 is 0 Å². The van der Waals surface area contributed by atoms with Crippen LogP contribution in [0.4, 0.5) is 13.2 Å². The van der Waals surface area contributed by atoms with Gasteiger partial charge in [0.1, 0.15) is 0 Å². The van der Waals surface area contributed by atoms with Gasteiger partial charge in [-0.3, -0.25) is 0 Å². The minimum atomic E-state index is -4.33. The Labute approximate surface area is 175 Å². The first-order valence-corrected chi connectivity index (χ1v) is 10.3. The molecular weight excluding hydrogens is 381 g/mol. The van der Waals surface area contributed by atoms with Crippen LogP contribution in [0.1, 0.15) is 30.9 Å². The molecule has 0 radical (unpaired) electrons. The maximum absolute atomic E-state index is 13.0. The van der Waals surface area contributed by atoms with Gasteiger partial charge in [-0.05, 0) is 69.6 Å². The number of alkyl halides is 3. The molecule has 0 heterocycles. The van der Waals surface area contributed by atoms with Crippen LogP contribution in [0.3, 0.4) is 0 Å². The average molecular weight is 404 g/mol. The van der Waals surface area contributed by atoms with Gasteiger partial charge in [0.05, 0.1) is 5.56 Å². The van der Waals surface area contributed by atoms with E-state index in [4.69, 9.17) is 0 Å². The van der Waals surface area contributed by atoms with E-state index >= 15 is 0 Å². The fourth-order valence-electron chi connectivity index (χ4n) is 3.85. The minimum Gasteiger partial charge on any atom is -0.166 e. The van der Waals surface area contributed by atoms with Gasteiger partial charge in [0.15, 0.2) is 0 Å². The summed E-state index contributed by atoms with van der Waals surface area (Å²) < 4.78 is 39.0. The SMILES string of the molecule is CCCCc1cc(-c2ccc3cc(C(F)(F)F)ccc3c2)ccc1-c1ccccc1. The minimum absolute atomic E-state index is 0.598. The number of rotatable bonds is 5. The van der Waals surface area contributed by atoms with Crippen LogP contribution in [0, 0.1) is 0 Å². The van der Waals surface area contributed by atoms with Crippen LogP contribution < -0.4 is 0 Å². The van der Waals surface area contributed by atoms with Crippen LogP contribution in [0.5, 0.6) is 0 Å². The summed E-state index contributed by atoms with van der Waals surface area (Å²) in [6.45, 7) is 2.19. The fourth-order valence-corrected chi connectivity index (χ4v) is 3.85. The highest BCUT2D eigenvalue weighted by Gasteiger charge is 2.30. The molecule has 0 unspecified atom stereocenters. The van der Waals surface area contributed by atoms with Crippen molar-refractivity contribution in [3.63, 3.8) is 0 Å². The number of fused-ring (bicyclic) bond motifs is 1. The van der Waals surface area contributed by atoms with E-state index in [1.165, 1.54) is 22.8 Å². The van der Waals surface area contributed by atoms with Crippen molar-refractivity contribution < 1.29 is 13.2 Å². The molecule has 0 amide bonds. The summed E-state index contributed by atoms with van der Waals surface area (Å²) in [4.78, 5) is 0. The molecule has 0 atom stereocenters. The van der Waals surface area contributed by atoms with E-state index in [0.717, 1.165) is 41.8 Å². The van der Waals surface area contributed by atoms with Gasteiger partial charge in [0, 0.05) is 0 Å². The van der Waals surface area contributed by atoms with Gasteiger partial charge in [0.2, 0.25) is 0 Å². The first-order chi connectivity index (χ1) is 14.5. The van der Waals surface area contributed by atoms with Gasteiger partial charge in [-0.15, -0.1) is 0 Å². The van der Waals surface area contributed by atoms with Crippen molar-refractivity contribution in [1.82, 2.24) is 0 Å². The topological polar surface area (TPSA) is 0 Å². The lowest BCUT2D eigenvalue weighted by atomic mass is 9.91. The van der Waals surface area contributed by atoms with Crippen LogP contribution in [-0.2, 0) is 12.6 Å². The molecule has 0 saturated heterocycles. The lowest BCUT2D eigenvalue weighted by molar-refractivity contribution is -0.137. The third-order valence-corrected chi connectivity index (χ3v) is 5.49. The van der Waals surface area contributed by atoms with E-state index in [1.807, 2.05) is 30.3 Å². The molecule has 0 aliphatic heterocycles. The number of benzene rings is 4. The molecule has 0 bridgehead atoms.